The maximum absolute atomic E-state index is 11.3. The third-order valence-corrected chi connectivity index (χ3v) is 3.02. The first-order chi connectivity index (χ1) is 9.35. The summed E-state index contributed by atoms with van der Waals surface area (Å²) in [5.74, 6) is -1.25. The van der Waals surface area contributed by atoms with Crippen molar-refractivity contribution >= 4 is 11.9 Å². The van der Waals surface area contributed by atoms with E-state index in [1.54, 1.807) is 0 Å². The number of aliphatic hydroxyl groups excluding tert-OH is 1. The second-order valence-corrected chi connectivity index (χ2v) is 5.05. The average molecular weight is 286 g/mol. The number of nitrogens with one attached hydrogen (secondary N) is 2. The van der Waals surface area contributed by atoms with Gasteiger partial charge in [-0.1, -0.05) is 0 Å². The highest BCUT2D eigenvalue weighted by atomic mass is 16.5. The molecular formula is C13H22N2O5. The molecule has 0 fully saturated rings. The largest absolute Gasteiger partial charge is 0.478 e. The summed E-state index contributed by atoms with van der Waals surface area (Å²) in [7, 11) is 0. The zero-order valence-corrected chi connectivity index (χ0v) is 11.9. The van der Waals surface area contributed by atoms with Gasteiger partial charge in [0.2, 0.25) is 5.91 Å². The molecule has 1 rings (SSSR count). The van der Waals surface area contributed by atoms with Gasteiger partial charge in [0.25, 0.3) is 0 Å². The van der Waals surface area contributed by atoms with Crippen molar-refractivity contribution in [2.45, 2.75) is 51.5 Å². The molecule has 20 heavy (non-hydrogen) atoms. The number of amides is 1. The molecule has 0 unspecified atom stereocenters. The summed E-state index contributed by atoms with van der Waals surface area (Å²) in [5, 5.41) is 23.7. The highest BCUT2D eigenvalue weighted by Gasteiger charge is 2.36. The number of carboxylic acids is 1. The lowest BCUT2D eigenvalue weighted by atomic mass is 9.87. The molecule has 0 heterocycles. The lowest BCUT2D eigenvalue weighted by Gasteiger charge is -2.37. The van der Waals surface area contributed by atoms with Gasteiger partial charge < -0.3 is 20.3 Å². The first-order valence-electron chi connectivity index (χ1n) is 6.56. The number of ether oxygens (including phenoxy) is 1. The fourth-order valence-corrected chi connectivity index (χ4v) is 2.29. The molecular weight excluding hydrogens is 264 g/mol. The minimum Gasteiger partial charge on any atom is -0.478 e. The Hall–Kier alpha value is -1.44. The molecule has 0 saturated carbocycles. The molecule has 0 radical (unpaired) electrons. The van der Waals surface area contributed by atoms with Gasteiger partial charge in [-0.15, -0.1) is 0 Å². The lowest BCUT2D eigenvalue weighted by Crippen LogP contribution is -2.58. The second-order valence-electron chi connectivity index (χ2n) is 5.05. The van der Waals surface area contributed by atoms with Gasteiger partial charge in [-0.25, -0.2) is 4.79 Å². The van der Waals surface area contributed by atoms with Crippen molar-refractivity contribution in [3.63, 3.8) is 0 Å². The average Bonchev–Trinajstić information content (AvgIpc) is 2.31. The third kappa shape index (κ3) is 4.59. The summed E-state index contributed by atoms with van der Waals surface area (Å²) in [5.41, 5.74) is 0.211. The predicted molar refractivity (Wildman–Crippen MR) is 72.0 cm³/mol. The number of aliphatic hydroxyl groups is 1. The Morgan fingerprint density at radius 1 is 1.50 bits per heavy atom. The number of hydrogen-bond acceptors (Lipinski definition) is 5. The van der Waals surface area contributed by atoms with Crippen molar-refractivity contribution in [1.82, 2.24) is 10.6 Å². The highest BCUT2D eigenvalue weighted by molar-refractivity contribution is 5.87. The maximum atomic E-state index is 11.3. The molecule has 0 aromatic carbocycles. The van der Waals surface area contributed by atoms with Crippen LogP contribution in [0.2, 0.25) is 0 Å². The molecule has 7 nitrogen and oxygen atoms in total. The van der Waals surface area contributed by atoms with Crippen LogP contribution in [0.25, 0.3) is 0 Å². The SMILES string of the molecule is CC(=O)N[C@@H]1[C@@H](NCO)CC(C(=O)O)=C[C@H]1OC(C)C. The van der Waals surface area contributed by atoms with Crippen LogP contribution in [0.4, 0.5) is 0 Å². The Labute approximate surface area is 118 Å². The normalized spacial score (nSPS) is 26.2. The van der Waals surface area contributed by atoms with Crippen molar-refractivity contribution in [3.8, 4) is 0 Å². The van der Waals surface area contributed by atoms with Crippen LogP contribution in [-0.2, 0) is 14.3 Å². The van der Waals surface area contributed by atoms with E-state index in [9.17, 15) is 9.59 Å². The van der Waals surface area contributed by atoms with Crippen LogP contribution in [0.15, 0.2) is 11.6 Å². The van der Waals surface area contributed by atoms with Gasteiger partial charge in [0.15, 0.2) is 0 Å². The summed E-state index contributed by atoms with van der Waals surface area (Å²) in [6.45, 7) is 4.76. The minimum absolute atomic E-state index is 0.115. The van der Waals surface area contributed by atoms with Crippen molar-refractivity contribution in [3.05, 3.63) is 11.6 Å². The Kier molecular flexibility index (Phi) is 6.12. The van der Waals surface area contributed by atoms with E-state index in [2.05, 4.69) is 10.6 Å². The number of rotatable bonds is 6. The molecule has 0 aromatic heterocycles. The Morgan fingerprint density at radius 2 is 2.15 bits per heavy atom. The van der Waals surface area contributed by atoms with E-state index < -0.39 is 24.2 Å². The molecule has 1 amide bonds. The molecule has 1 aliphatic rings. The van der Waals surface area contributed by atoms with Gasteiger partial charge in [0.05, 0.1) is 25.0 Å². The van der Waals surface area contributed by atoms with Crippen LogP contribution in [0.3, 0.4) is 0 Å². The van der Waals surface area contributed by atoms with E-state index in [0.717, 1.165) is 0 Å². The van der Waals surface area contributed by atoms with Crippen LogP contribution in [-0.4, -0.2) is 53.1 Å². The monoisotopic (exact) mass is 286 g/mol. The molecule has 0 aliphatic heterocycles. The van der Waals surface area contributed by atoms with E-state index in [0.29, 0.717) is 0 Å². The van der Waals surface area contributed by atoms with Gasteiger partial charge in [-0.05, 0) is 26.3 Å². The first-order valence-corrected chi connectivity index (χ1v) is 6.56. The molecule has 1 aliphatic carbocycles. The van der Waals surface area contributed by atoms with Gasteiger partial charge in [-0.2, -0.15) is 0 Å². The van der Waals surface area contributed by atoms with Crippen molar-refractivity contribution in [1.29, 1.82) is 0 Å². The smallest absolute Gasteiger partial charge is 0.331 e. The Morgan fingerprint density at radius 3 is 2.60 bits per heavy atom. The Balaban J connectivity index is 3.03. The Bertz CT molecular complexity index is 394. The molecule has 3 atom stereocenters. The molecule has 0 bridgehead atoms. The van der Waals surface area contributed by atoms with Crippen molar-refractivity contribution in [2.24, 2.45) is 0 Å². The molecule has 114 valence electrons. The standard InChI is InChI=1S/C13H22N2O5/c1-7(2)20-11-5-9(13(18)19)4-10(14-6-16)12(11)15-8(3)17/h5,7,10-12,14,16H,4,6H2,1-3H3,(H,15,17)(H,18,19)/t10-,11+,12+/m0/s1. The van der Waals surface area contributed by atoms with Gasteiger partial charge in [0, 0.05) is 18.5 Å². The number of carboxylic acid groups (broad SMARTS) is 1. The van der Waals surface area contributed by atoms with Gasteiger partial charge in [0.1, 0.15) is 0 Å². The fourth-order valence-electron chi connectivity index (χ4n) is 2.29. The molecule has 0 aromatic rings. The summed E-state index contributed by atoms with van der Waals surface area (Å²) in [6.07, 6.45) is 1.07. The van der Waals surface area contributed by atoms with Gasteiger partial charge >= 0.3 is 5.97 Å². The topological polar surface area (TPSA) is 108 Å². The third-order valence-electron chi connectivity index (χ3n) is 3.02. The summed E-state index contributed by atoms with van der Waals surface area (Å²) >= 11 is 0. The summed E-state index contributed by atoms with van der Waals surface area (Å²) in [4.78, 5) is 22.5. The first kappa shape index (κ1) is 16.6. The highest BCUT2D eigenvalue weighted by Crippen LogP contribution is 2.23. The van der Waals surface area contributed by atoms with E-state index in [1.165, 1.54) is 13.0 Å². The summed E-state index contributed by atoms with van der Waals surface area (Å²) in [6, 6.07) is -0.825. The fraction of sp³-hybridized carbons (Fsp3) is 0.692. The van der Waals surface area contributed by atoms with Crippen LogP contribution >= 0.6 is 0 Å². The summed E-state index contributed by atoms with van der Waals surface area (Å²) < 4.78 is 5.69. The van der Waals surface area contributed by atoms with Crippen LogP contribution in [0, 0.1) is 0 Å². The maximum Gasteiger partial charge on any atom is 0.331 e. The predicted octanol–water partition coefficient (Wildman–Crippen LogP) is -0.393. The van der Waals surface area contributed by atoms with Crippen molar-refractivity contribution in [2.75, 3.05) is 6.73 Å². The van der Waals surface area contributed by atoms with Crippen LogP contribution in [0.5, 0.6) is 0 Å². The zero-order valence-electron chi connectivity index (χ0n) is 11.9. The van der Waals surface area contributed by atoms with E-state index in [4.69, 9.17) is 14.9 Å². The van der Waals surface area contributed by atoms with Crippen molar-refractivity contribution < 1.29 is 24.5 Å². The van der Waals surface area contributed by atoms with Crippen LogP contribution in [0.1, 0.15) is 27.2 Å². The molecule has 0 saturated heterocycles. The van der Waals surface area contributed by atoms with Crippen LogP contribution < -0.4 is 10.6 Å². The second kappa shape index (κ2) is 7.37. The zero-order chi connectivity index (χ0) is 15.3. The number of aliphatic carboxylic acids is 1. The quantitative estimate of drug-likeness (QED) is 0.495. The van der Waals surface area contributed by atoms with Gasteiger partial charge in [-0.3, -0.25) is 10.1 Å². The van der Waals surface area contributed by atoms with E-state index >= 15 is 0 Å². The lowest BCUT2D eigenvalue weighted by molar-refractivity contribution is -0.133. The van der Waals surface area contributed by atoms with E-state index in [-0.39, 0.29) is 30.7 Å². The minimum atomic E-state index is -1.02. The molecule has 4 N–H and O–H groups in total. The number of carbonyl (C=O) groups excluding carboxylic acids is 1. The number of hydrogen-bond donors (Lipinski definition) is 4. The van der Waals surface area contributed by atoms with E-state index in [1.807, 2.05) is 13.8 Å². The molecule has 0 spiro atoms. The number of carbonyl (C=O) groups is 2. The molecule has 7 heteroatoms.